The molecule has 0 aliphatic rings. The number of halogens is 2. The van der Waals surface area contributed by atoms with Crippen molar-refractivity contribution in [2.75, 3.05) is 13.0 Å². The first-order valence-corrected chi connectivity index (χ1v) is 6.63. The normalized spacial score (nSPS) is 12.8. The van der Waals surface area contributed by atoms with Gasteiger partial charge in [0, 0.05) is 6.61 Å². The highest BCUT2D eigenvalue weighted by molar-refractivity contribution is 7.53. The summed E-state index contributed by atoms with van der Waals surface area (Å²) in [5.41, 5.74) is 0. The van der Waals surface area contributed by atoms with Crippen LogP contribution in [0.25, 0.3) is 0 Å². The lowest BCUT2D eigenvalue weighted by Gasteiger charge is -2.11. The zero-order valence-corrected chi connectivity index (χ0v) is 11.2. The number of alkyl halides is 2. The largest absolute Gasteiger partial charge is 0.457 e. The topological polar surface area (TPSA) is 52.6 Å². The van der Waals surface area contributed by atoms with Crippen LogP contribution in [-0.2, 0) is 18.8 Å². The summed E-state index contributed by atoms with van der Waals surface area (Å²) in [4.78, 5) is 11.4. The zero-order valence-electron chi connectivity index (χ0n) is 8.83. The molecule has 0 rings (SSSR count). The Morgan fingerprint density at radius 2 is 2.00 bits per heavy atom. The highest BCUT2D eigenvalue weighted by Crippen LogP contribution is 2.47. The highest BCUT2D eigenvalue weighted by Gasteiger charge is 2.55. The Morgan fingerprint density at radius 3 is 2.40 bits per heavy atom. The van der Waals surface area contributed by atoms with Crippen molar-refractivity contribution in [2.24, 2.45) is 0 Å². The fraction of sp³-hybridized carbons (Fsp3) is 0.875. The summed E-state index contributed by atoms with van der Waals surface area (Å²) in [6.07, 6.45) is -0.517. The van der Waals surface area contributed by atoms with Crippen LogP contribution in [0.1, 0.15) is 20.8 Å². The van der Waals surface area contributed by atoms with E-state index in [9.17, 15) is 9.36 Å². The predicted molar refractivity (Wildman–Crippen MR) is 59.8 cm³/mol. The van der Waals surface area contributed by atoms with E-state index in [-0.39, 0.29) is 12.5 Å². The molecule has 0 bridgehead atoms. The van der Waals surface area contributed by atoms with Crippen molar-refractivity contribution in [3.8, 4) is 0 Å². The Hall–Kier alpha value is 0.110. The van der Waals surface area contributed by atoms with Gasteiger partial charge >= 0.3 is 17.8 Å². The molecule has 0 saturated carbocycles. The fourth-order valence-corrected chi connectivity index (χ4v) is 1.79. The van der Waals surface area contributed by atoms with E-state index in [0.29, 0.717) is 6.61 Å². The third kappa shape index (κ3) is 5.12. The van der Waals surface area contributed by atoms with Gasteiger partial charge < -0.3 is 9.47 Å². The SMILES string of the molecule is CCOC[P+](=O)C(Cl)(Cl)C(=O)OC(C)C. The van der Waals surface area contributed by atoms with Crippen LogP contribution in [0.4, 0.5) is 0 Å². The third-order valence-corrected chi connectivity index (χ3v) is 3.98. The van der Waals surface area contributed by atoms with Crippen molar-refractivity contribution < 1.29 is 18.8 Å². The minimum Gasteiger partial charge on any atom is -0.457 e. The van der Waals surface area contributed by atoms with Crippen LogP contribution in [0, 0.1) is 0 Å². The summed E-state index contributed by atoms with van der Waals surface area (Å²) in [5.74, 6) is -0.901. The molecule has 1 unspecified atom stereocenters. The van der Waals surface area contributed by atoms with Gasteiger partial charge in [-0.2, -0.15) is 0 Å². The molecular formula is C8H14Cl2O4P+. The highest BCUT2D eigenvalue weighted by atomic mass is 35.5. The zero-order chi connectivity index (χ0) is 12.1. The lowest BCUT2D eigenvalue weighted by Crippen LogP contribution is -2.28. The second kappa shape index (κ2) is 6.64. The van der Waals surface area contributed by atoms with Crippen LogP contribution in [0.2, 0.25) is 0 Å². The molecule has 0 aromatic rings. The van der Waals surface area contributed by atoms with E-state index in [4.69, 9.17) is 32.7 Å². The van der Waals surface area contributed by atoms with Gasteiger partial charge in [-0.3, -0.25) is 0 Å². The van der Waals surface area contributed by atoms with Gasteiger partial charge in [0.05, 0.1) is 6.10 Å². The van der Waals surface area contributed by atoms with Crippen molar-refractivity contribution >= 4 is 37.0 Å². The van der Waals surface area contributed by atoms with Gasteiger partial charge in [0.2, 0.25) is 6.35 Å². The van der Waals surface area contributed by atoms with Crippen LogP contribution < -0.4 is 0 Å². The van der Waals surface area contributed by atoms with Gasteiger partial charge in [-0.05, 0) is 44.0 Å². The maximum Gasteiger partial charge on any atom is 0.418 e. The minimum atomic E-state index is -2.22. The van der Waals surface area contributed by atoms with E-state index in [1.54, 1.807) is 20.8 Å². The van der Waals surface area contributed by atoms with E-state index >= 15 is 0 Å². The Labute approximate surface area is 100.0 Å². The van der Waals surface area contributed by atoms with Crippen LogP contribution in [0.15, 0.2) is 0 Å². The first kappa shape index (κ1) is 15.1. The first-order valence-electron chi connectivity index (χ1n) is 4.43. The van der Waals surface area contributed by atoms with Gasteiger partial charge in [-0.15, -0.1) is 0 Å². The van der Waals surface area contributed by atoms with Crippen LogP contribution in [0.5, 0.6) is 0 Å². The van der Waals surface area contributed by atoms with E-state index in [1.807, 2.05) is 0 Å². The number of carbonyl (C=O) groups excluding carboxylic acids is 1. The molecule has 0 aliphatic heterocycles. The summed E-state index contributed by atoms with van der Waals surface area (Å²) in [6, 6.07) is 0. The molecule has 0 heterocycles. The lowest BCUT2D eigenvalue weighted by atomic mass is 10.5. The summed E-state index contributed by atoms with van der Waals surface area (Å²) in [7, 11) is -2.22. The molecule has 0 amide bonds. The summed E-state index contributed by atoms with van der Waals surface area (Å²) >= 11 is 11.3. The molecule has 0 aromatic carbocycles. The Bertz CT molecular complexity index is 243. The molecule has 1 atom stereocenters. The average molecular weight is 276 g/mol. The first-order chi connectivity index (χ1) is 6.82. The summed E-state index contributed by atoms with van der Waals surface area (Å²) in [6.45, 7) is 5.42. The molecule has 88 valence electrons. The van der Waals surface area contributed by atoms with Gasteiger partial charge in [0.15, 0.2) is 0 Å². The van der Waals surface area contributed by atoms with Gasteiger partial charge in [0.25, 0.3) is 0 Å². The Kier molecular flexibility index (Phi) is 6.69. The standard InChI is InChI=1S/C8H14Cl2O4P/c1-4-13-5-15(12)8(9,10)7(11)14-6(2)3/h6H,4-5H2,1-3H3/q+1. The molecule has 0 saturated heterocycles. The quantitative estimate of drug-likeness (QED) is 0.425. The van der Waals surface area contributed by atoms with E-state index in [2.05, 4.69) is 0 Å². The predicted octanol–water partition coefficient (Wildman–Crippen LogP) is 2.89. The van der Waals surface area contributed by atoms with Crippen molar-refractivity contribution in [1.29, 1.82) is 0 Å². The molecular weight excluding hydrogens is 262 g/mol. The molecule has 15 heavy (non-hydrogen) atoms. The maximum absolute atomic E-state index is 11.5. The van der Waals surface area contributed by atoms with E-state index in [0.717, 1.165) is 0 Å². The molecule has 0 aliphatic carbocycles. The lowest BCUT2D eigenvalue weighted by molar-refractivity contribution is -0.146. The van der Waals surface area contributed by atoms with Crippen LogP contribution in [0.3, 0.4) is 0 Å². The van der Waals surface area contributed by atoms with Gasteiger partial charge in [-0.25, -0.2) is 4.79 Å². The average Bonchev–Trinajstić information content (AvgIpc) is 2.12. The molecule has 0 spiro atoms. The van der Waals surface area contributed by atoms with E-state index < -0.39 is 17.8 Å². The molecule has 0 fully saturated rings. The van der Waals surface area contributed by atoms with Crippen molar-refractivity contribution in [2.45, 2.75) is 30.9 Å². The number of rotatable bonds is 6. The number of carbonyl (C=O) groups is 1. The Balaban J connectivity index is 4.37. The number of esters is 1. The smallest absolute Gasteiger partial charge is 0.418 e. The van der Waals surface area contributed by atoms with Gasteiger partial charge in [0.1, 0.15) is 0 Å². The van der Waals surface area contributed by atoms with Crippen molar-refractivity contribution in [3.63, 3.8) is 0 Å². The van der Waals surface area contributed by atoms with Gasteiger partial charge in [-0.1, -0.05) is 4.57 Å². The molecule has 7 heteroatoms. The second-order valence-electron chi connectivity index (χ2n) is 3.00. The molecule has 4 nitrogen and oxygen atoms in total. The van der Waals surface area contributed by atoms with Crippen LogP contribution in [-0.4, -0.2) is 29.1 Å². The second-order valence-corrected chi connectivity index (χ2v) is 6.54. The van der Waals surface area contributed by atoms with Crippen LogP contribution >= 0.6 is 31.0 Å². The number of hydrogen-bond acceptors (Lipinski definition) is 4. The minimum absolute atomic E-state index is 0.161. The summed E-state index contributed by atoms with van der Waals surface area (Å²) < 4.78 is 19.1. The van der Waals surface area contributed by atoms with Crippen molar-refractivity contribution in [3.05, 3.63) is 0 Å². The maximum atomic E-state index is 11.5. The third-order valence-electron chi connectivity index (χ3n) is 1.31. The van der Waals surface area contributed by atoms with Crippen molar-refractivity contribution in [1.82, 2.24) is 0 Å². The monoisotopic (exact) mass is 275 g/mol. The molecule has 0 N–H and O–H groups in total. The Morgan fingerprint density at radius 1 is 1.47 bits per heavy atom. The number of hydrogen-bond donors (Lipinski definition) is 0. The fourth-order valence-electron chi connectivity index (χ4n) is 0.642. The molecule has 0 radical (unpaired) electrons. The summed E-state index contributed by atoms with van der Waals surface area (Å²) in [5, 5.41) is 0. The number of ether oxygens (including phenoxy) is 2. The molecule has 0 aromatic heterocycles. The van der Waals surface area contributed by atoms with E-state index in [1.165, 1.54) is 0 Å².